The molecule has 0 aliphatic rings. The smallest absolute Gasteiger partial charge is 0.164 e. The predicted molar refractivity (Wildman–Crippen MR) is 210 cm³/mol. The molecular weight excluding hydrogens is 623 g/mol. The normalized spacial score (nSPS) is 11.6. The fourth-order valence-electron chi connectivity index (χ4n) is 7.45. The number of fused-ring (bicyclic) bond motifs is 6. The van der Waals surface area contributed by atoms with E-state index in [0.717, 1.165) is 39.1 Å². The standard InChI is InChI=1S/C46H31N5/c1-30-25-35(46-48-44(31-13-5-2-6-14-31)47-45(49-46)32-15-7-3-8-16-32)27-37(26-30)50-24-23-34-28-40-33(29-42(34)50)21-22-39-38-19-11-12-20-41(38)51(43(39)40)36-17-9-4-10-18-36/h2-29H,1H3. The highest BCUT2D eigenvalue weighted by molar-refractivity contribution is 6.20. The van der Waals surface area contributed by atoms with Crippen molar-refractivity contribution in [2.75, 3.05) is 0 Å². The molecule has 5 nitrogen and oxygen atoms in total. The molecule has 3 aromatic heterocycles. The van der Waals surface area contributed by atoms with Crippen LogP contribution in [0.1, 0.15) is 5.56 Å². The Balaban J connectivity index is 1.15. The lowest BCUT2D eigenvalue weighted by atomic mass is 10.0. The van der Waals surface area contributed by atoms with Crippen molar-refractivity contribution in [1.82, 2.24) is 24.1 Å². The number of nitrogens with zero attached hydrogens (tertiary/aromatic N) is 5. The summed E-state index contributed by atoms with van der Waals surface area (Å²) in [6.07, 6.45) is 2.17. The van der Waals surface area contributed by atoms with Gasteiger partial charge in [-0.25, -0.2) is 15.0 Å². The maximum absolute atomic E-state index is 5.01. The van der Waals surface area contributed by atoms with E-state index in [0.29, 0.717) is 17.5 Å². The third kappa shape index (κ3) is 4.90. The van der Waals surface area contributed by atoms with Gasteiger partial charge in [0, 0.05) is 55.8 Å². The van der Waals surface area contributed by atoms with Gasteiger partial charge in [0.05, 0.1) is 16.6 Å². The Hall–Kier alpha value is -6.85. The maximum atomic E-state index is 5.01. The van der Waals surface area contributed by atoms with Gasteiger partial charge in [-0.3, -0.25) is 0 Å². The summed E-state index contributed by atoms with van der Waals surface area (Å²) < 4.78 is 4.68. The summed E-state index contributed by atoms with van der Waals surface area (Å²) in [7, 11) is 0. The first-order valence-corrected chi connectivity index (χ1v) is 17.2. The fourth-order valence-corrected chi connectivity index (χ4v) is 7.45. The third-order valence-corrected chi connectivity index (χ3v) is 9.77. The molecule has 0 saturated heterocycles. The Morgan fingerprint density at radius 2 is 1.04 bits per heavy atom. The Bertz CT molecular complexity index is 2850. The van der Waals surface area contributed by atoms with Crippen LogP contribution in [0.2, 0.25) is 0 Å². The highest BCUT2D eigenvalue weighted by Gasteiger charge is 2.17. The molecule has 10 rings (SSSR count). The molecule has 5 heteroatoms. The Morgan fingerprint density at radius 1 is 0.412 bits per heavy atom. The Labute approximate surface area is 294 Å². The molecule has 240 valence electrons. The number of rotatable bonds is 5. The van der Waals surface area contributed by atoms with Gasteiger partial charge < -0.3 is 9.13 Å². The van der Waals surface area contributed by atoms with Crippen molar-refractivity contribution in [2.24, 2.45) is 0 Å². The molecule has 0 aliphatic heterocycles. The van der Waals surface area contributed by atoms with Crippen LogP contribution in [0.15, 0.2) is 170 Å². The van der Waals surface area contributed by atoms with E-state index in [1.807, 2.05) is 60.7 Å². The van der Waals surface area contributed by atoms with Crippen LogP contribution >= 0.6 is 0 Å². The molecule has 0 N–H and O–H groups in total. The SMILES string of the molecule is Cc1cc(-c2nc(-c3ccccc3)nc(-c3ccccc3)n2)cc(-n2ccc3cc4c(ccc5c6ccccc6n(-c6ccccc6)c45)cc32)c1. The lowest BCUT2D eigenvalue weighted by molar-refractivity contribution is 1.07. The number of benzene rings is 7. The van der Waals surface area contributed by atoms with Crippen LogP contribution in [0.3, 0.4) is 0 Å². The van der Waals surface area contributed by atoms with E-state index in [2.05, 4.69) is 125 Å². The zero-order chi connectivity index (χ0) is 33.9. The van der Waals surface area contributed by atoms with Crippen molar-refractivity contribution < 1.29 is 0 Å². The van der Waals surface area contributed by atoms with Crippen LogP contribution < -0.4 is 0 Å². The van der Waals surface area contributed by atoms with Gasteiger partial charge in [-0.2, -0.15) is 0 Å². The summed E-state index contributed by atoms with van der Waals surface area (Å²) in [5.74, 6) is 1.95. The molecule has 3 heterocycles. The van der Waals surface area contributed by atoms with E-state index in [9.17, 15) is 0 Å². The minimum atomic E-state index is 0.644. The molecule has 0 spiro atoms. The summed E-state index contributed by atoms with van der Waals surface area (Å²) in [5, 5.41) is 6.12. The van der Waals surface area contributed by atoms with E-state index >= 15 is 0 Å². The lowest BCUT2D eigenvalue weighted by Crippen LogP contribution is -2.01. The lowest BCUT2D eigenvalue weighted by Gasteiger charge is -2.13. The number of para-hydroxylation sites is 2. The molecule has 0 unspecified atom stereocenters. The minimum absolute atomic E-state index is 0.644. The molecule has 7 aromatic carbocycles. The maximum Gasteiger partial charge on any atom is 0.164 e. The van der Waals surface area contributed by atoms with Gasteiger partial charge in [0.25, 0.3) is 0 Å². The first-order chi connectivity index (χ1) is 25.2. The summed E-state index contributed by atoms with van der Waals surface area (Å²) in [6, 6.07) is 57.6. The molecular formula is C46H31N5. The Morgan fingerprint density at radius 3 is 1.75 bits per heavy atom. The second-order valence-corrected chi connectivity index (χ2v) is 13.1. The first-order valence-electron chi connectivity index (χ1n) is 17.2. The van der Waals surface area contributed by atoms with Crippen LogP contribution in [-0.4, -0.2) is 24.1 Å². The number of aromatic nitrogens is 5. The molecule has 0 amide bonds. The highest BCUT2D eigenvalue weighted by Crippen LogP contribution is 2.38. The van der Waals surface area contributed by atoms with Gasteiger partial charge in [0.2, 0.25) is 0 Å². The molecule has 51 heavy (non-hydrogen) atoms. The van der Waals surface area contributed by atoms with Crippen LogP contribution in [0.4, 0.5) is 0 Å². The monoisotopic (exact) mass is 653 g/mol. The summed E-state index contributed by atoms with van der Waals surface area (Å²) >= 11 is 0. The average Bonchev–Trinajstić information content (AvgIpc) is 3.77. The number of aryl methyl sites for hydroxylation is 1. The zero-order valence-corrected chi connectivity index (χ0v) is 27.9. The summed E-state index contributed by atoms with van der Waals surface area (Å²) in [4.78, 5) is 14.9. The van der Waals surface area contributed by atoms with Crippen LogP contribution in [-0.2, 0) is 0 Å². The van der Waals surface area contributed by atoms with Crippen molar-refractivity contribution in [3.05, 3.63) is 176 Å². The summed E-state index contributed by atoms with van der Waals surface area (Å²) in [5.41, 5.74) is 9.77. The second-order valence-electron chi connectivity index (χ2n) is 13.1. The van der Waals surface area contributed by atoms with E-state index < -0.39 is 0 Å². The Kier molecular flexibility index (Phi) is 6.64. The molecule has 0 saturated carbocycles. The van der Waals surface area contributed by atoms with E-state index in [1.165, 1.54) is 38.0 Å². The molecule has 0 atom stereocenters. The van der Waals surface area contributed by atoms with E-state index in [-0.39, 0.29) is 0 Å². The molecule has 0 fully saturated rings. The third-order valence-electron chi connectivity index (χ3n) is 9.77. The topological polar surface area (TPSA) is 48.5 Å². The van der Waals surface area contributed by atoms with Gasteiger partial charge >= 0.3 is 0 Å². The molecule has 0 aliphatic carbocycles. The zero-order valence-electron chi connectivity index (χ0n) is 27.9. The summed E-state index contributed by atoms with van der Waals surface area (Å²) in [6.45, 7) is 2.13. The first kappa shape index (κ1) is 29.1. The van der Waals surface area contributed by atoms with Gasteiger partial charge in [0.1, 0.15) is 0 Å². The van der Waals surface area contributed by atoms with Gasteiger partial charge in [-0.05, 0) is 72.5 Å². The van der Waals surface area contributed by atoms with Crippen LogP contribution in [0.5, 0.6) is 0 Å². The molecule has 0 radical (unpaired) electrons. The van der Waals surface area contributed by atoms with Gasteiger partial charge in [-0.1, -0.05) is 109 Å². The van der Waals surface area contributed by atoms with Crippen LogP contribution in [0, 0.1) is 6.92 Å². The molecule has 10 aromatic rings. The minimum Gasteiger partial charge on any atom is -0.317 e. The average molecular weight is 654 g/mol. The van der Waals surface area contributed by atoms with E-state index in [4.69, 9.17) is 15.0 Å². The highest BCUT2D eigenvalue weighted by atomic mass is 15.0. The van der Waals surface area contributed by atoms with E-state index in [1.54, 1.807) is 0 Å². The fraction of sp³-hybridized carbons (Fsp3) is 0.0217. The van der Waals surface area contributed by atoms with Gasteiger partial charge in [-0.15, -0.1) is 0 Å². The number of hydrogen-bond acceptors (Lipinski definition) is 3. The molecule has 0 bridgehead atoms. The second kappa shape index (κ2) is 11.6. The van der Waals surface area contributed by atoms with Crippen molar-refractivity contribution in [1.29, 1.82) is 0 Å². The van der Waals surface area contributed by atoms with Crippen LogP contribution in [0.25, 0.3) is 89.0 Å². The van der Waals surface area contributed by atoms with Crippen molar-refractivity contribution >= 4 is 43.5 Å². The quantitative estimate of drug-likeness (QED) is 0.186. The van der Waals surface area contributed by atoms with Crippen molar-refractivity contribution in [2.45, 2.75) is 6.92 Å². The number of hydrogen-bond donors (Lipinski definition) is 0. The predicted octanol–water partition coefficient (Wildman–Crippen LogP) is 11.4. The van der Waals surface area contributed by atoms with Crippen molar-refractivity contribution in [3.8, 4) is 45.5 Å². The van der Waals surface area contributed by atoms with Gasteiger partial charge in [0.15, 0.2) is 17.5 Å². The largest absolute Gasteiger partial charge is 0.317 e. The van der Waals surface area contributed by atoms with Crippen molar-refractivity contribution in [3.63, 3.8) is 0 Å².